The van der Waals surface area contributed by atoms with Crippen LogP contribution in [0.2, 0.25) is 0 Å². The average molecular weight is 687 g/mol. The molecule has 54 heavy (non-hydrogen) atoms. The van der Waals surface area contributed by atoms with E-state index in [9.17, 15) is 0 Å². The molecule has 0 aliphatic rings. The number of hydrogen-bond donors (Lipinski definition) is 0. The zero-order chi connectivity index (χ0) is 35.3. The van der Waals surface area contributed by atoms with Crippen LogP contribution in [0, 0.1) is 0 Å². The topological polar surface area (TPSA) is 26.3 Å². The molecule has 0 N–H and O–H groups in total. The van der Waals surface area contributed by atoms with Crippen molar-refractivity contribution in [2.45, 2.75) is 0 Å². The molecule has 250 valence electrons. The molecule has 0 saturated heterocycles. The van der Waals surface area contributed by atoms with E-state index in [1.165, 1.54) is 60.1 Å². The second-order valence-corrected chi connectivity index (χ2v) is 14.4. The smallest absolute Gasteiger partial charge is 0.143 e. The summed E-state index contributed by atoms with van der Waals surface area (Å²) in [6.45, 7) is 0. The summed E-state index contributed by atoms with van der Waals surface area (Å²) in [5.74, 6) is 0. The molecule has 2 nitrogen and oxygen atoms in total. The highest BCUT2D eigenvalue weighted by Crippen LogP contribution is 2.46. The van der Waals surface area contributed by atoms with E-state index < -0.39 is 0 Å². The van der Waals surface area contributed by atoms with Crippen LogP contribution in [0.25, 0.3) is 120 Å². The first-order chi connectivity index (χ1) is 26.8. The molecule has 12 aromatic rings. The van der Waals surface area contributed by atoms with Crippen LogP contribution in [0.5, 0.6) is 0 Å². The largest absolute Gasteiger partial charge is 0.456 e. The first kappa shape index (κ1) is 29.4. The Labute approximate surface area is 310 Å². The summed E-state index contributed by atoms with van der Waals surface area (Å²) in [6, 6.07) is 65.8. The van der Waals surface area contributed by atoms with Crippen molar-refractivity contribution in [3.8, 4) is 33.4 Å². The maximum Gasteiger partial charge on any atom is 0.143 e. The van der Waals surface area contributed by atoms with Crippen LogP contribution in [0.4, 0.5) is 0 Å². The second kappa shape index (κ2) is 11.2. The highest BCUT2D eigenvalue weighted by Gasteiger charge is 2.19. The molecule has 0 bridgehead atoms. The van der Waals surface area contributed by atoms with Gasteiger partial charge in [0.15, 0.2) is 0 Å². The van der Waals surface area contributed by atoms with Crippen LogP contribution in [0.15, 0.2) is 191 Å². The Morgan fingerprint density at radius 2 is 0.870 bits per heavy atom. The predicted octanol–water partition coefficient (Wildman–Crippen LogP) is 15.1. The van der Waals surface area contributed by atoms with E-state index >= 15 is 0 Å². The van der Waals surface area contributed by atoms with Crippen molar-refractivity contribution in [2.75, 3.05) is 0 Å². The third kappa shape index (κ3) is 4.22. The van der Waals surface area contributed by atoms with Gasteiger partial charge in [-0.2, -0.15) is 0 Å². The molecule has 0 fully saturated rings. The molecule has 0 unspecified atom stereocenters. The van der Waals surface area contributed by atoms with Crippen LogP contribution in [0.3, 0.4) is 0 Å². The van der Waals surface area contributed by atoms with E-state index in [4.69, 9.17) is 8.83 Å². The van der Waals surface area contributed by atoms with E-state index in [1.54, 1.807) is 0 Å². The van der Waals surface area contributed by atoms with Crippen molar-refractivity contribution in [2.24, 2.45) is 0 Å². The quantitative estimate of drug-likeness (QED) is 0.173. The van der Waals surface area contributed by atoms with Crippen LogP contribution in [-0.2, 0) is 0 Å². The van der Waals surface area contributed by atoms with Gasteiger partial charge in [-0.3, -0.25) is 0 Å². The Kier molecular flexibility index (Phi) is 6.09. The van der Waals surface area contributed by atoms with Crippen molar-refractivity contribution in [3.05, 3.63) is 182 Å². The predicted molar refractivity (Wildman–Crippen MR) is 227 cm³/mol. The van der Waals surface area contributed by atoms with Gasteiger partial charge in [-0.15, -0.1) is 0 Å². The monoisotopic (exact) mass is 686 g/mol. The van der Waals surface area contributed by atoms with Gasteiger partial charge in [0, 0.05) is 26.9 Å². The normalized spacial score (nSPS) is 12.1. The number of benzene rings is 10. The molecular weight excluding hydrogens is 657 g/mol. The summed E-state index contributed by atoms with van der Waals surface area (Å²) in [5.41, 5.74) is 10.9. The molecule has 2 heteroatoms. The second-order valence-electron chi connectivity index (χ2n) is 14.4. The lowest BCUT2D eigenvalue weighted by atomic mass is 9.84. The van der Waals surface area contributed by atoms with E-state index in [0.717, 1.165) is 60.2 Å². The van der Waals surface area contributed by atoms with E-state index in [1.807, 2.05) is 12.1 Å². The lowest BCUT2D eigenvalue weighted by Gasteiger charge is -2.19. The zero-order valence-electron chi connectivity index (χ0n) is 29.1. The summed E-state index contributed by atoms with van der Waals surface area (Å²) in [7, 11) is 0. The van der Waals surface area contributed by atoms with Crippen molar-refractivity contribution in [1.29, 1.82) is 0 Å². The van der Waals surface area contributed by atoms with Gasteiger partial charge in [0.2, 0.25) is 0 Å². The number of fused-ring (bicyclic) bond motifs is 11. The Balaban J connectivity index is 1.04. The molecule has 0 aliphatic carbocycles. The van der Waals surface area contributed by atoms with Crippen molar-refractivity contribution in [1.82, 2.24) is 0 Å². The minimum atomic E-state index is 0.862. The molecule has 2 heterocycles. The van der Waals surface area contributed by atoms with Crippen molar-refractivity contribution >= 4 is 87.0 Å². The Morgan fingerprint density at radius 3 is 1.69 bits per heavy atom. The van der Waals surface area contributed by atoms with Crippen LogP contribution >= 0.6 is 0 Å². The molecule has 0 spiro atoms. The number of furan rings is 2. The summed E-state index contributed by atoms with van der Waals surface area (Å²) in [6.07, 6.45) is 0. The first-order valence-corrected chi connectivity index (χ1v) is 18.5. The molecule has 0 radical (unpaired) electrons. The SMILES string of the molecule is c1cc(-c2ccc3oc4cc5c(ccc6c7ccccc7oc56)cc4c3c2)cc(-c2c3ccccc3c(-c3cccc4ccccc34)c3ccccc23)c1. The van der Waals surface area contributed by atoms with Crippen LogP contribution in [0.1, 0.15) is 0 Å². The molecule has 0 saturated carbocycles. The maximum absolute atomic E-state index is 6.50. The third-order valence-corrected chi connectivity index (χ3v) is 11.4. The number of para-hydroxylation sites is 1. The van der Waals surface area contributed by atoms with Gasteiger partial charge >= 0.3 is 0 Å². The Hall–Kier alpha value is -7.16. The average Bonchev–Trinajstić information content (AvgIpc) is 3.79. The Morgan fingerprint density at radius 1 is 0.259 bits per heavy atom. The van der Waals surface area contributed by atoms with E-state index in [2.05, 4.69) is 170 Å². The van der Waals surface area contributed by atoms with Crippen LogP contribution < -0.4 is 0 Å². The highest BCUT2D eigenvalue weighted by atomic mass is 16.3. The molecule has 12 rings (SSSR count). The van der Waals surface area contributed by atoms with Gasteiger partial charge in [0.1, 0.15) is 22.3 Å². The standard InChI is InChI=1S/C52H30O2/c1-2-15-36-31(11-1)12-10-21-38(36)51-41-19-5-3-17-39(41)50(40-18-4-6-20-42(40)51)35-14-9-13-32(27-35)33-24-26-48-45(28-33)46-29-34-23-25-43-37-16-7-8-22-47(37)54-52(43)44(34)30-49(46)53-48/h1-30H. The van der Waals surface area contributed by atoms with E-state index in [-0.39, 0.29) is 0 Å². The van der Waals surface area contributed by atoms with Gasteiger partial charge < -0.3 is 8.83 Å². The molecule has 0 amide bonds. The first-order valence-electron chi connectivity index (χ1n) is 18.5. The summed E-state index contributed by atoms with van der Waals surface area (Å²) >= 11 is 0. The van der Waals surface area contributed by atoms with Gasteiger partial charge in [0.05, 0.1) is 0 Å². The number of rotatable bonds is 3. The fourth-order valence-corrected chi connectivity index (χ4v) is 8.98. The zero-order valence-corrected chi connectivity index (χ0v) is 29.1. The maximum atomic E-state index is 6.50. The van der Waals surface area contributed by atoms with Gasteiger partial charge in [-0.05, 0) is 114 Å². The lowest BCUT2D eigenvalue weighted by Crippen LogP contribution is -1.92. The number of hydrogen-bond acceptors (Lipinski definition) is 2. The molecule has 10 aromatic carbocycles. The molecule has 0 atom stereocenters. The van der Waals surface area contributed by atoms with Gasteiger partial charge in [0.25, 0.3) is 0 Å². The molecule has 2 aromatic heterocycles. The van der Waals surface area contributed by atoms with Crippen molar-refractivity contribution < 1.29 is 8.83 Å². The summed E-state index contributed by atoms with van der Waals surface area (Å²) < 4.78 is 12.9. The molecule has 0 aliphatic heterocycles. The fourth-order valence-electron chi connectivity index (χ4n) is 8.98. The Bertz CT molecular complexity index is 3440. The summed E-state index contributed by atoms with van der Waals surface area (Å²) in [4.78, 5) is 0. The minimum Gasteiger partial charge on any atom is -0.456 e. The minimum absolute atomic E-state index is 0.862. The van der Waals surface area contributed by atoms with Crippen molar-refractivity contribution in [3.63, 3.8) is 0 Å². The van der Waals surface area contributed by atoms with Gasteiger partial charge in [-0.25, -0.2) is 0 Å². The highest BCUT2D eigenvalue weighted by molar-refractivity contribution is 6.24. The van der Waals surface area contributed by atoms with Crippen LogP contribution in [-0.4, -0.2) is 0 Å². The van der Waals surface area contributed by atoms with Gasteiger partial charge in [-0.1, -0.05) is 140 Å². The fraction of sp³-hybridized carbons (Fsp3) is 0. The lowest BCUT2D eigenvalue weighted by molar-refractivity contribution is 0.667. The van der Waals surface area contributed by atoms with E-state index in [0.29, 0.717) is 0 Å². The molecular formula is C52H30O2. The third-order valence-electron chi connectivity index (χ3n) is 11.4. The summed E-state index contributed by atoms with van der Waals surface area (Å²) in [5, 5.41) is 14.2.